The Hall–Kier alpha value is -1.00. The molecule has 0 bridgehead atoms. The maximum atomic E-state index is 11.7. The third kappa shape index (κ3) is 9.55. The number of rotatable bonds is 6. The maximum Gasteiger partial charge on any atom is 0.422 e. The Morgan fingerprint density at radius 3 is 2.44 bits per heavy atom. The molecule has 0 aliphatic rings. The summed E-state index contributed by atoms with van der Waals surface area (Å²) in [5.74, 6) is -0.925. The van der Waals surface area contributed by atoms with Gasteiger partial charge < -0.3 is 4.74 Å². The number of ether oxygens (including phenoxy) is 1. The number of alkyl halides is 3. The van der Waals surface area contributed by atoms with Crippen LogP contribution in [0.3, 0.4) is 0 Å². The molecule has 0 saturated heterocycles. The van der Waals surface area contributed by atoms with E-state index in [-0.39, 0.29) is 0 Å². The van der Waals surface area contributed by atoms with E-state index in [2.05, 4.69) is 11.7 Å². The fourth-order valence-corrected chi connectivity index (χ4v) is 1.12. The van der Waals surface area contributed by atoms with Gasteiger partial charge in [-0.2, -0.15) is 13.2 Å². The molecule has 0 aliphatic heterocycles. The lowest BCUT2D eigenvalue weighted by molar-refractivity contribution is -0.182. The van der Waals surface area contributed by atoms with Crippen molar-refractivity contribution in [3.63, 3.8) is 0 Å². The van der Waals surface area contributed by atoms with Gasteiger partial charge in [-0.05, 0) is 19.8 Å². The molecule has 0 aromatic rings. The van der Waals surface area contributed by atoms with E-state index >= 15 is 0 Å². The van der Waals surface area contributed by atoms with Gasteiger partial charge in [0.2, 0.25) is 0 Å². The molecule has 0 saturated carbocycles. The zero-order chi connectivity index (χ0) is 12.6. The minimum Gasteiger partial charge on any atom is -0.453 e. The van der Waals surface area contributed by atoms with Crippen molar-refractivity contribution in [2.75, 3.05) is 6.61 Å². The summed E-state index contributed by atoms with van der Waals surface area (Å²) in [5.41, 5.74) is 0.751. The van der Waals surface area contributed by atoms with Gasteiger partial charge in [-0.15, -0.1) is 0 Å². The second-order valence-corrected chi connectivity index (χ2v) is 3.67. The minimum atomic E-state index is -4.46. The molecule has 16 heavy (non-hydrogen) atoms. The van der Waals surface area contributed by atoms with Crippen molar-refractivity contribution in [1.29, 1.82) is 0 Å². The largest absolute Gasteiger partial charge is 0.453 e. The Balaban J connectivity index is 3.87. The lowest BCUT2D eigenvalue weighted by Crippen LogP contribution is -2.19. The highest BCUT2D eigenvalue weighted by atomic mass is 19.4. The Labute approximate surface area is 93.5 Å². The van der Waals surface area contributed by atoms with Crippen molar-refractivity contribution in [2.24, 2.45) is 0 Å². The summed E-state index contributed by atoms with van der Waals surface area (Å²) in [5, 5.41) is 0. The molecule has 0 aliphatic carbocycles. The van der Waals surface area contributed by atoms with Crippen LogP contribution in [-0.4, -0.2) is 18.8 Å². The van der Waals surface area contributed by atoms with Gasteiger partial charge in [-0.1, -0.05) is 25.3 Å². The van der Waals surface area contributed by atoms with Crippen molar-refractivity contribution in [2.45, 2.75) is 45.7 Å². The first-order chi connectivity index (χ1) is 7.35. The molecule has 0 spiro atoms. The minimum absolute atomic E-state index is 0.717. The summed E-state index contributed by atoms with van der Waals surface area (Å²) in [4.78, 5) is 10.9. The Morgan fingerprint density at radius 1 is 1.31 bits per heavy atom. The number of allylic oxidation sites excluding steroid dienone is 1. The van der Waals surface area contributed by atoms with Gasteiger partial charge in [0.1, 0.15) is 0 Å². The zero-order valence-electron chi connectivity index (χ0n) is 9.56. The highest BCUT2D eigenvalue weighted by Crippen LogP contribution is 2.15. The van der Waals surface area contributed by atoms with Gasteiger partial charge >= 0.3 is 12.1 Å². The lowest BCUT2D eigenvalue weighted by atomic mass is 10.1. The van der Waals surface area contributed by atoms with Gasteiger partial charge in [0.05, 0.1) is 0 Å². The quantitative estimate of drug-likeness (QED) is 0.401. The fraction of sp³-hybridized carbons (Fsp3) is 0.727. The molecule has 0 radical (unpaired) electrons. The molecule has 0 heterocycles. The number of esters is 1. The fourth-order valence-electron chi connectivity index (χ4n) is 1.12. The molecule has 0 atom stereocenters. The normalized spacial score (nSPS) is 12.7. The van der Waals surface area contributed by atoms with E-state index in [0.717, 1.165) is 37.3 Å². The maximum absolute atomic E-state index is 11.7. The van der Waals surface area contributed by atoms with Crippen LogP contribution in [0.15, 0.2) is 11.6 Å². The van der Waals surface area contributed by atoms with Gasteiger partial charge in [0, 0.05) is 6.08 Å². The Kier molecular flexibility index (Phi) is 6.85. The summed E-state index contributed by atoms with van der Waals surface area (Å²) in [6.45, 7) is 2.24. The SMILES string of the molecule is CCCCC/C(C)=C/C(=O)OCC(F)(F)F. The van der Waals surface area contributed by atoms with E-state index in [9.17, 15) is 18.0 Å². The van der Waals surface area contributed by atoms with Crippen LogP contribution in [0, 0.1) is 0 Å². The number of hydrogen-bond acceptors (Lipinski definition) is 2. The van der Waals surface area contributed by atoms with Gasteiger partial charge in [-0.3, -0.25) is 0 Å². The number of unbranched alkanes of at least 4 members (excludes halogenated alkanes) is 2. The topological polar surface area (TPSA) is 26.3 Å². The second kappa shape index (κ2) is 7.30. The Bertz CT molecular complexity index is 244. The summed E-state index contributed by atoms with van der Waals surface area (Å²) < 4.78 is 39.2. The monoisotopic (exact) mass is 238 g/mol. The third-order valence-electron chi connectivity index (χ3n) is 1.92. The van der Waals surface area contributed by atoms with Crippen LogP contribution in [0.4, 0.5) is 13.2 Å². The summed E-state index contributed by atoms with van der Waals surface area (Å²) in [6, 6.07) is 0. The first-order valence-corrected chi connectivity index (χ1v) is 5.26. The molecule has 0 fully saturated rings. The molecular weight excluding hydrogens is 221 g/mol. The number of halogens is 3. The number of carbonyl (C=O) groups is 1. The lowest BCUT2D eigenvalue weighted by Gasteiger charge is -2.06. The van der Waals surface area contributed by atoms with E-state index in [4.69, 9.17) is 0 Å². The average Bonchev–Trinajstić information content (AvgIpc) is 2.14. The summed E-state index contributed by atoms with van der Waals surface area (Å²) >= 11 is 0. The predicted molar refractivity (Wildman–Crippen MR) is 54.9 cm³/mol. The van der Waals surface area contributed by atoms with E-state index in [1.807, 2.05) is 0 Å². The van der Waals surface area contributed by atoms with Crippen LogP contribution < -0.4 is 0 Å². The third-order valence-corrected chi connectivity index (χ3v) is 1.92. The van der Waals surface area contributed by atoms with E-state index in [0.29, 0.717) is 0 Å². The first kappa shape index (κ1) is 15.0. The van der Waals surface area contributed by atoms with Gasteiger partial charge in [0.15, 0.2) is 6.61 Å². The average molecular weight is 238 g/mol. The van der Waals surface area contributed by atoms with Crippen molar-refractivity contribution in [1.82, 2.24) is 0 Å². The van der Waals surface area contributed by atoms with Crippen LogP contribution in [0.2, 0.25) is 0 Å². The summed E-state index contributed by atoms with van der Waals surface area (Å²) in [7, 11) is 0. The van der Waals surface area contributed by atoms with Crippen molar-refractivity contribution >= 4 is 5.97 Å². The number of hydrogen-bond donors (Lipinski definition) is 0. The van der Waals surface area contributed by atoms with E-state index < -0.39 is 18.8 Å². The molecule has 0 aromatic heterocycles. The summed E-state index contributed by atoms with van der Waals surface area (Å²) in [6.07, 6.45) is 0.427. The van der Waals surface area contributed by atoms with E-state index in [1.165, 1.54) is 0 Å². The standard InChI is InChI=1S/C11H17F3O2/c1-3-4-5-6-9(2)7-10(15)16-8-11(12,13)14/h7H,3-6,8H2,1-2H3/b9-7+. The van der Waals surface area contributed by atoms with Crippen molar-refractivity contribution in [3.05, 3.63) is 11.6 Å². The van der Waals surface area contributed by atoms with Crippen LogP contribution in [-0.2, 0) is 9.53 Å². The highest BCUT2D eigenvalue weighted by Gasteiger charge is 2.29. The second-order valence-electron chi connectivity index (χ2n) is 3.67. The molecule has 0 aromatic carbocycles. The molecular formula is C11H17F3O2. The molecule has 5 heteroatoms. The number of carbonyl (C=O) groups excluding carboxylic acids is 1. The zero-order valence-corrected chi connectivity index (χ0v) is 9.56. The van der Waals surface area contributed by atoms with Crippen LogP contribution >= 0.6 is 0 Å². The Morgan fingerprint density at radius 2 is 1.94 bits per heavy atom. The van der Waals surface area contributed by atoms with Crippen LogP contribution in [0.1, 0.15) is 39.5 Å². The van der Waals surface area contributed by atoms with Crippen molar-refractivity contribution in [3.8, 4) is 0 Å². The van der Waals surface area contributed by atoms with Gasteiger partial charge in [0.25, 0.3) is 0 Å². The smallest absolute Gasteiger partial charge is 0.422 e. The van der Waals surface area contributed by atoms with Crippen LogP contribution in [0.25, 0.3) is 0 Å². The molecule has 2 nitrogen and oxygen atoms in total. The molecule has 0 rings (SSSR count). The highest BCUT2D eigenvalue weighted by molar-refractivity contribution is 5.82. The first-order valence-electron chi connectivity index (χ1n) is 5.26. The predicted octanol–water partition coefficient (Wildman–Crippen LogP) is 3.62. The molecule has 0 unspecified atom stereocenters. The van der Waals surface area contributed by atoms with E-state index in [1.54, 1.807) is 6.92 Å². The molecule has 0 N–H and O–H groups in total. The molecule has 0 amide bonds. The molecule has 94 valence electrons. The van der Waals surface area contributed by atoms with Crippen molar-refractivity contribution < 1.29 is 22.7 Å². The van der Waals surface area contributed by atoms with Gasteiger partial charge in [-0.25, -0.2) is 4.79 Å². The van der Waals surface area contributed by atoms with Crippen LogP contribution in [0.5, 0.6) is 0 Å².